The summed E-state index contributed by atoms with van der Waals surface area (Å²) in [7, 11) is 0. The standard InChI is InChI=1S/C19H17FN2O3S/c1-12-17(13(2)25-22-12)11-26-18-16(7-4-8-21-18)19(23)24-10-14-5-3-6-15(20)9-14/h3-9H,10-11H2,1-2H3. The highest BCUT2D eigenvalue weighted by Crippen LogP contribution is 2.27. The number of pyridine rings is 1. The van der Waals surface area contributed by atoms with Crippen LogP contribution in [0.4, 0.5) is 4.39 Å². The molecule has 0 radical (unpaired) electrons. The van der Waals surface area contributed by atoms with Gasteiger partial charge >= 0.3 is 5.97 Å². The Morgan fingerprint density at radius 2 is 2.12 bits per heavy atom. The van der Waals surface area contributed by atoms with E-state index in [-0.39, 0.29) is 12.4 Å². The number of hydrogen-bond acceptors (Lipinski definition) is 6. The fourth-order valence-electron chi connectivity index (χ4n) is 2.36. The molecule has 0 spiro atoms. The zero-order chi connectivity index (χ0) is 18.5. The summed E-state index contributed by atoms with van der Waals surface area (Å²) in [6.45, 7) is 3.72. The minimum absolute atomic E-state index is 0.000535. The van der Waals surface area contributed by atoms with Crippen molar-refractivity contribution in [3.63, 3.8) is 0 Å². The summed E-state index contributed by atoms with van der Waals surface area (Å²) in [6, 6.07) is 9.30. The van der Waals surface area contributed by atoms with Crippen LogP contribution in [-0.2, 0) is 17.1 Å². The summed E-state index contributed by atoms with van der Waals surface area (Å²) in [5.74, 6) is 0.475. The molecule has 0 atom stereocenters. The lowest BCUT2D eigenvalue weighted by Gasteiger charge is -2.09. The van der Waals surface area contributed by atoms with Crippen LogP contribution in [0.5, 0.6) is 0 Å². The summed E-state index contributed by atoms with van der Waals surface area (Å²) in [5, 5.41) is 4.49. The summed E-state index contributed by atoms with van der Waals surface area (Å²) in [6.07, 6.45) is 1.62. The topological polar surface area (TPSA) is 65.2 Å². The number of benzene rings is 1. The Hall–Kier alpha value is -2.67. The van der Waals surface area contributed by atoms with Crippen LogP contribution in [0, 0.1) is 19.7 Å². The fraction of sp³-hybridized carbons (Fsp3) is 0.211. The van der Waals surface area contributed by atoms with Crippen LogP contribution in [0.3, 0.4) is 0 Å². The highest BCUT2D eigenvalue weighted by Gasteiger charge is 2.16. The largest absolute Gasteiger partial charge is 0.457 e. The second-order valence-corrected chi connectivity index (χ2v) is 6.62. The predicted octanol–water partition coefficient (Wildman–Crippen LogP) is 4.47. The smallest absolute Gasteiger partial charge is 0.341 e. The Labute approximate surface area is 154 Å². The third kappa shape index (κ3) is 4.29. The first-order chi connectivity index (χ1) is 12.5. The van der Waals surface area contributed by atoms with Gasteiger partial charge in [0.25, 0.3) is 0 Å². The number of halogens is 1. The summed E-state index contributed by atoms with van der Waals surface area (Å²) < 4.78 is 23.7. The molecule has 0 saturated carbocycles. The van der Waals surface area contributed by atoms with Gasteiger partial charge < -0.3 is 9.26 Å². The van der Waals surface area contributed by atoms with E-state index in [1.165, 1.54) is 23.9 Å². The van der Waals surface area contributed by atoms with E-state index < -0.39 is 5.97 Å². The molecule has 2 heterocycles. The molecule has 0 aliphatic rings. The average molecular weight is 372 g/mol. The molecule has 0 bridgehead atoms. The molecule has 1 aromatic carbocycles. The number of aryl methyl sites for hydroxylation is 2. The number of esters is 1. The van der Waals surface area contributed by atoms with Crippen molar-refractivity contribution in [3.05, 3.63) is 76.6 Å². The minimum atomic E-state index is -0.497. The highest BCUT2D eigenvalue weighted by atomic mass is 32.2. The van der Waals surface area contributed by atoms with Crippen LogP contribution >= 0.6 is 11.8 Å². The van der Waals surface area contributed by atoms with E-state index in [9.17, 15) is 9.18 Å². The maximum absolute atomic E-state index is 13.2. The second kappa shape index (κ2) is 8.14. The molecule has 3 rings (SSSR count). The van der Waals surface area contributed by atoms with Gasteiger partial charge in [0.1, 0.15) is 23.2 Å². The third-order valence-corrected chi connectivity index (χ3v) is 4.82. The van der Waals surface area contributed by atoms with Crippen molar-refractivity contribution in [1.29, 1.82) is 0 Å². The van der Waals surface area contributed by atoms with Gasteiger partial charge in [-0.15, -0.1) is 11.8 Å². The Morgan fingerprint density at radius 3 is 2.85 bits per heavy atom. The number of thioether (sulfide) groups is 1. The number of aromatic nitrogens is 2. The molecule has 3 aromatic rings. The summed E-state index contributed by atoms with van der Waals surface area (Å²) in [4.78, 5) is 16.7. The molecule has 0 fully saturated rings. The highest BCUT2D eigenvalue weighted by molar-refractivity contribution is 7.98. The number of nitrogens with zero attached hydrogens (tertiary/aromatic N) is 2. The van der Waals surface area contributed by atoms with E-state index in [1.54, 1.807) is 30.5 Å². The number of carbonyl (C=O) groups excluding carboxylic acids is 1. The zero-order valence-electron chi connectivity index (χ0n) is 14.4. The van der Waals surface area contributed by atoms with Crippen LogP contribution in [-0.4, -0.2) is 16.1 Å². The van der Waals surface area contributed by atoms with E-state index >= 15 is 0 Å². The van der Waals surface area contributed by atoms with Gasteiger partial charge in [-0.1, -0.05) is 17.3 Å². The molecule has 5 nitrogen and oxygen atoms in total. The Morgan fingerprint density at radius 1 is 1.27 bits per heavy atom. The molecule has 0 aliphatic carbocycles. The first-order valence-electron chi connectivity index (χ1n) is 7.95. The molecule has 2 aromatic heterocycles. The van der Waals surface area contributed by atoms with Gasteiger partial charge in [0, 0.05) is 17.5 Å². The van der Waals surface area contributed by atoms with E-state index in [0.29, 0.717) is 21.9 Å². The van der Waals surface area contributed by atoms with Gasteiger partial charge in [-0.3, -0.25) is 0 Å². The Bertz CT molecular complexity index is 907. The lowest BCUT2D eigenvalue weighted by molar-refractivity contribution is 0.0467. The predicted molar refractivity (Wildman–Crippen MR) is 95.3 cm³/mol. The molecule has 0 saturated heterocycles. The monoisotopic (exact) mass is 372 g/mol. The van der Waals surface area contributed by atoms with Crippen molar-refractivity contribution >= 4 is 17.7 Å². The lowest BCUT2D eigenvalue weighted by atomic mass is 10.2. The van der Waals surface area contributed by atoms with E-state index in [2.05, 4.69) is 10.1 Å². The van der Waals surface area contributed by atoms with E-state index in [1.807, 2.05) is 13.8 Å². The van der Waals surface area contributed by atoms with Crippen LogP contribution in [0.25, 0.3) is 0 Å². The second-order valence-electron chi connectivity index (χ2n) is 5.65. The van der Waals surface area contributed by atoms with Gasteiger partial charge in [0.15, 0.2) is 0 Å². The molecule has 0 amide bonds. The van der Waals surface area contributed by atoms with Crippen molar-refractivity contribution in [2.24, 2.45) is 0 Å². The van der Waals surface area contributed by atoms with Gasteiger partial charge in [-0.05, 0) is 43.7 Å². The molecular weight excluding hydrogens is 355 g/mol. The fourth-order valence-corrected chi connectivity index (χ4v) is 3.50. The molecular formula is C19H17FN2O3S. The molecule has 26 heavy (non-hydrogen) atoms. The summed E-state index contributed by atoms with van der Waals surface area (Å²) >= 11 is 1.41. The van der Waals surface area contributed by atoms with Crippen LogP contribution in [0.1, 0.15) is 32.9 Å². The molecule has 134 valence electrons. The van der Waals surface area contributed by atoms with Gasteiger partial charge in [0.05, 0.1) is 11.3 Å². The lowest BCUT2D eigenvalue weighted by Crippen LogP contribution is -2.08. The zero-order valence-corrected chi connectivity index (χ0v) is 15.2. The number of ether oxygens (including phenoxy) is 1. The van der Waals surface area contributed by atoms with Gasteiger partial charge in [-0.25, -0.2) is 14.2 Å². The van der Waals surface area contributed by atoms with Crippen molar-refractivity contribution in [1.82, 2.24) is 10.1 Å². The third-order valence-electron chi connectivity index (χ3n) is 3.78. The molecule has 0 unspecified atom stereocenters. The quantitative estimate of drug-likeness (QED) is 0.470. The normalized spacial score (nSPS) is 10.7. The van der Waals surface area contributed by atoms with Crippen LogP contribution in [0.15, 0.2) is 52.1 Å². The average Bonchev–Trinajstić information content (AvgIpc) is 2.96. The SMILES string of the molecule is Cc1noc(C)c1CSc1ncccc1C(=O)OCc1cccc(F)c1. The van der Waals surface area contributed by atoms with Gasteiger partial charge in [-0.2, -0.15) is 0 Å². The van der Waals surface area contributed by atoms with Gasteiger partial charge in [0.2, 0.25) is 0 Å². The summed E-state index contributed by atoms with van der Waals surface area (Å²) in [5.41, 5.74) is 2.77. The van der Waals surface area contributed by atoms with Crippen molar-refractivity contribution < 1.29 is 18.4 Å². The van der Waals surface area contributed by atoms with Crippen molar-refractivity contribution in [2.45, 2.75) is 31.2 Å². The first kappa shape index (κ1) is 18.1. The molecule has 7 heteroatoms. The van der Waals surface area contributed by atoms with Crippen molar-refractivity contribution in [3.8, 4) is 0 Å². The van der Waals surface area contributed by atoms with E-state index in [4.69, 9.17) is 9.26 Å². The first-order valence-corrected chi connectivity index (χ1v) is 8.94. The van der Waals surface area contributed by atoms with E-state index in [0.717, 1.165) is 17.0 Å². The molecule has 0 N–H and O–H groups in total. The Kier molecular flexibility index (Phi) is 5.68. The molecule has 0 aliphatic heterocycles. The van der Waals surface area contributed by atoms with Crippen LogP contribution < -0.4 is 0 Å². The Balaban J connectivity index is 1.69. The minimum Gasteiger partial charge on any atom is -0.457 e. The number of rotatable bonds is 6. The van der Waals surface area contributed by atoms with Crippen LogP contribution in [0.2, 0.25) is 0 Å². The maximum Gasteiger partial charge on any atom is 0.341 e. The maximum atomic E-state index is 13.2. The number of hydrogen-bond donors (Lipinski definition) is 0. The number of carbonyl (C=O) groups is 1. The van der Waals surface area contributed by atoms with Crippen molar-refractivity contribution in [2.75, 3.05) is 0 Å².